The summed E-state index contributed by atoms with van der Waals surface area (Å²) in [5.74, 6) is 0.677. The standard InChI is InChI=1S/C12H21N3S/c1-2-15-7-5-10(8-15)12-14-11(9-16-12)4-3-6-13/h9-10H,2-8,13H2,1H3. The predicted octanol–water partition coefficient (Wildman–Crippen LogP) is 1.84. The first kappa shape index (κ1) is 12.0. The third kappa shape index (κ3) is 2.81. The van der Waals surface area contributed by atoms with E-state index in [1.165, 1.54) is 36.8 Å². The quantitative estimate of drug-likeness (QED) is 0.852. The Morgan fingerprint density at radius 2 is 2.50 bits per heavy atom. The fraction of sp³-hybridized carbons (Fsp3) is 0.750. The van der Waals surface area contributed by atoms with Crippen molar-refractivity contribution in [3.05, 3.63) is 16.1 Å². The number of aryl methyl sites for hydroxylation is 1. The van der Waals surface area contributed by atoms with Crippen molar-refractivity contribution >= 4 is 11.3 Å². The van der Waals surface area contributed by atoms with Gasteiger partial charge in [-0.2, -0.15) is 0 Å². The summed E-state index contributed by atoms with van der Waals surface area (Å²) >= 11 is 1.83. The number of hydrogen-bond donors (Lipinski definition) is 1. The van der Waals surface area contributed by atoms with E-state index in [2.05, 4.69) is 17.2 Å². The van der Waals surface area contributed by atoms with Crippen LogP contribution in [0.5, 0.6) is 0 Å². The molecule has 2 heterocycles. The van der Waals surface area contributed by atoms with Gasteiger partial charge in [-0.15, -0.1) is 11.3 Å². The van der Waals surface area contributed by atoms with E-state index in [0.717, 1.165) is 19.4 Å². The molecule has 0 saturated carbocycles. The molecule has 16 heavy (non-hydrogen) atoms. The maximum atomic E-state index is 5.51. The number of nitrogens with two attached hydrogens (primary N) is 1. The Morgan fingerprint density at radius 3 is 3.19 bits per heavy atom. The first-order chi connectivity index (χ1) is 7.83. The molecule has 0 aromatic carbocycles. The third-order valence-electron chi connectivity index (χ3n) is 3.28. The SMILES string of the molecule is CCN1CCC(c2nc(CCCN)cs2)C1. The lowest BCUT2D eigenvalue weighted by molar-refractivity contribution is 0.354. The van der Waals surface area contributed by atoms with Crippen molar-refractivity contribution in [1.29, 1.82) is 0 Å². The second-order valence-corrected chi connectivity index (χ2v) is 5.34. The minimum Gasteiger partial charge on any atom is -0.330 e. The van der Waals surface area contributed by atoms with Crippen LogP contribution in [0.25, 0.3) is 0 Å². The average molecular weight is 239 g/mol. The zero-order valence-corrected chi connectivity index (χ0v) is 10.8. The van der Waals surface area contributed by atoms with Crippen LogP contribution >= 0.6 is 11.3 Å². The minimum atomic E-state index is 0.677. The van der Waals surface area contributed by atoms with Crippen LogP contribution in [0, 0.1) is 0 Å². The summed E-state index contributed by atoms with van der Waals surface area (Å²) in [6.07, 6.45) is 3.36. The molecule has 1 unspecified atom stereocenters. The third-order valence-corrected chi connectivity index (χ3v) is 4.33. The number of likely N-dealkylation sites (N-methyl/N-ethyl adjacent to an activating group) is 1. The van der Waals surface area contributed by atoms with Gasteiger partial charge >= 0.3 is 0 Å². The maximum Gasteiger partial charge on any atom is 0.0972 e. The number of aromatic nitrogens is 1. The van der Waals surface area contributed by atoms with E-state index >= 15 is 0 Å². The largest absolute Gasteiger partial charge is 0.330 e. The van der Waals surface area contributed by atoms with Crippen molar-refractivity contribution in [3.63, 3.8) is 0 Å². The number of likely N-dealkylation sites (tertiary alicyclic amines) is 1. The minimum absolute atomic E-state index is 0.677. The Balaban J connectivity index is 1.92. The summed E-state index contributed by atoms with van der Waals surface area (Å²) in [4.78, 5) is 7.24. The lowest BCUT2D eigenvalue weighted by Gasteiger charge is -2.11. The van der Waals surface area contributed by atoms with Gasteiger partial charge < -0.3 is 10.6 Å². The van der Waals surface area contributed by atoms with E-state index < -0.39 is 0 Å². The lowest BCUT2D eigenvalue weighted by Crippen LogP contribution is -2.19. The van der Waals surface area contributed by atoms with Gasteiger partial charge in [-0.25, -0.2) is 4.98 Å². The predicted molar refractivity (Wildman–Crippen MR) is 69.0 cm³/mol. The highest BCUT2D eigenvalue weighted by Crippen LogP contribution is 2.29. The molecular formula is C12H21N3S. The van der Waals surface area contributed by atoms with Crippen LogP contribution in [0.2, 0.25) is 0 Å². The van der Waals surface area contributed by atoms with Crippen LogP contribution in [0.1, 0.15) is 36.4 Å². The Morgan fingerprint density at radius 1 is 1.62 bits per heavy atom. The molecule has 1 saturated heterocycles. The van der Waals surface area contributed by atoms with E-state index in [4.69, 9.17) is 10.7 Å². The second kappa shape index (κ2) is 5.75. The second-order valence-electron chi connectivity index (χ2n) is 4.45. The van der Waals surface area contributed by atoms with Crippen LogP contribution in [0.3, 0.4) is 0 Å². The van der Waals surface area contributed by atoms with Crippen LogP contribution in [0.15, 0.2) is 5.38 Å². The summed E-state index contributed by atoms with van der Waals surface area (Å²) in [6, 6.07) is 0. The molecule has 0 bridgehead atoms. The number of nitrogens with zero attached hydrogens (tertiary/aromatic N) is 2. The highest BCUT2D eigenvalue weighted by Gasteiger charge is 2.24. The molecule has 1 aliphatic rings. The first-order valence-corrected chi connectivity index (χ1v) is 7.08. The zero-order chi connectivity index (χ0) is 11.4. The topological polar surface area (TPSA) is 42.2 Å². The van der Waals surface area contributed by atoms with Gasteiger partial charge in [-0.1, -0.05) is 6.92 Å². The smallest absolute Gasteiger partial charge is 0.0972 e. The molecule has 1 aromatic rings. The number of rotatable bonds is 5. The summed E-state index contributed by atoms with van der Waals surface area (Å²) in [5, 5.41) is 3.54. The van der Waals surface area contributed by atoms with Crippen LogP contribution < -0.4 is 5.73 Å². The summed E-state index contributed by atoms with van der Waals surface area (Å²) < 4.78 is 0. The molecule has 90 valence electrons. The van der Waals surface area contributed by atoms with Crippen LogP contribution in [0.4, 0.5) is 0 Å². The molecule has 1 fully saturated rings. The van der Waals surface area contributed by atoms with E-state index in [9.17, 15) is 0 Å². The molecule has 2 rings (SSSR count). The van der Waals surface area contributed by atoms with Gasteiger partial charge in [0, 0.05) is 17.8 Å². The highest BCUT2D eigenvalue weighted by molar-refractivity contribution is 7.09. The van der Waals surface area contributed by atoms with E-state index in [-0.39, 0.29) is 0 Å². The fourth-order valence-electron chi connectivity index (χ4n) is 2.23. The van der Waals surface area contributed by atoms with Crippen molar-refractivity contribution in [2.24, 2.45) is 5.73 Å². The molecule has 0 spiro atoms. The first-order valence-electron chi connectivity index (χ1n) is 6.20. The van der Waals surface area contributed by atoms with Crippen molar-refractivity contribution in [2.75, 3.05) is 26.2 Å². The summed E-state index contributed by atoms with van der Waals surface area (Å²) in [7, 11) is 0. The van der Waals surface area contributed by atoms with Gasteiger partial charge in [0.05, 0.1) is 10.7 Å². The highest BCUT2D eigenvalue weighted by atomic mass is 32.1. The summed E-state index contributed by atoms with van der Waals surface area (Å²) in [5.41, 5.74) is 6.75. The number of hydrogen-bond acceptors (Lipinski definition) is 4. The Labute approximate surface area is 102 Å². The van der Waals surface area contributed by atoms with Gasteiger partial charge in [0.2, 0.25) is 0 Å². The van der Waals surface area contributed by atoms with E-state index in [0.29, 0.717) is 5.92 Å². The van der Waals surface area contributed by atoms with Crippen molar-refractivity contribution in [1.82, 2.24) is 9.88 Å². The normalized spacial score (nSPS) is 21.8. The van der Waals surface area contributed by atoms with E-state index in [1.807, 2.05) is 11.3 Å². The Hall–Kier alpha value is -0.450. The van der Waals surface area contributed by atoms with Gasteiger partial charge in [0.1, 0.15) is 0 Å². The summed E-state index contributed by atoms with van der Waals surface area (Å²) in [6.45, 7) is 6.60. The maximum absolute atomic E-state index is 5.51. The molecule has 0 radical (unpaired) electrons. The van der Waals surface area contributed by atoms with Crippen LogP contribution in [-0.2, 0) is 6.42 Å². The zero-order valence-electron chi connectivity index (χ0n) is 9.98. The lowest BCUT2D eigenvalue weighted by atomic mass is 10.1. The molecule has 1 aromatic heterocycles. The molecule has 4 heteroatoms. The van der Waals surface area contributed by atoms with Crippen molar-refractivity contribution in [2.45, 2.75) is 32.1 Å². The molecule has 0 aliphatic carbocycles. The van der Waals surface area contributed by atoms with Gasteiger partial charge in [0.25, 0.3) is 0 Å². The van der Waals surface area contributed by atoms with Gasteiger partial charge in [-0.05, 0) is 38.9 Å². The monoisotopic (exact) mass is 239 g/mol. The van der Waals surface area contributed by atoms with Crippen molar-refractivity contribution in [3.8, 4) is 0 Å². The molecule has 1 aliphatic heterocycles. The van der Waals surface area contributed by atoms with E-state index in [1.54, 1.807) is 0 Å². The Kier molecular flexibility index (Phi) is 4.32. The van der Waals surface area contributed by atoms with Crippen molar-refractivity contribution < 1.29 is 0 Å². The molecular weight excluding hydrogens is 218 g/mol. The van der Waals surface area contributed by atoms with Gasteiger partial charge in [0.15, 0.2) is 0 Å². The molecule has 1 atom stereocenters. The average Bonchev–Trinajstić information content (AvgIpc) is 2.94. The molecule has 0 amide bonds. The molecule has 3 nitrogen and oxygen atoms in total. The van der Waals surface area contributed by atoms with Crippen LogP contribution in [-0.4, -0.2) is 36.1 Å². The number of thiazole rings is 1. The Bertz CT molecular complexity index is 324. The molecule has 2 N–H and O–H groups in total. The fourth-order valence-corrected chi connectivity index (χ4v) is 3.21. The van der Waals surface area contributed by atoms with Gasteiger partial charge in [-0.3, -0.25) is 0 Å².